The van der Waals surface area contributed by atoms with Gasteiger partial charge in [-0.1, -0.05) is 17.7 Å². The lowest BCUT2D eigenvalue weighted by atomic mass is 9.85. The smallest absolute Gasteiger partial charge is 0.319 e. The molecule has 7 heteroatoms. The number of urea groups is 1. The second-order valence-corrected chi connectivity index (χ2v) is 5.34. The van der Waals surface area contributed by atoms with Crippen molar-refractivity contribution in [1.29, 1.82) is 0 Å². The Morgan fingerprint density at radius 2 is 2.25 bits per heavy atom. The predicted molar refractivity (Wildman–Crippen MR) is 74.0 cm³/mol. The van der Waals surface area contributed by atoms with Gasteiger partial charge in [0.2, 0.25) is 0 Å². The Balaban J connectivity index is 2.00. The minimum atomic E-state index is -1.12. The van der Waals surface area contributed by atoms with Crippen molar-refractivity contribution in [1.82, 2.24) is 5.32 Å². The lowest BCUT2D eigenvalue weighted by Gasteiger charge is -2.25. The number of carbonyl (C=O) groups is 2. The molecule has 0 saturated carbocycles. The molecule has 1 aliphatic heterocycles. The monoisotopic (exact) mass is 298 g/mol. The summed E-state index contributed by atoms with van der Waals surface area (Å²) in [5.74, 6) is -0.997. The summed E-state index contributed by atoms with van der Waals surface area (Å²) in [4.78, 5) is 23.1. The molecule has 0 aromatic heterocycles. The molecule has 1 saturated heterocycles. The van der Waals surface area contributed by atoms with Crippen LogP contribution in [-0.4, -0.2) is 36.4 Å². The maximum Gasteiger partial charge on any atom is 0.319 e. The molecule has 2 rings (SSSR count). The van der Waals surface area contributed by atoms with E-state index in [-0.39, 0.29) is 13.2 Å². The van der Waals surface area contributed by atoms with Gasteiger partial charge in [-0.2, -0.15) is 0 Å². The number of carboxylic acid groups (broad SMARTS) is 1. The summed E-state index contributed by atoms with van der Waals surface area (Å²) in [5, 5.41) is 14.9. The molecule has 0 bridgehead atoms. The number of halogens is 1. The number of aliphatic carboxylic acids is 1. The van der Waals surface area contributed by atoms with Gasteiger partial charge in [-0.15, -0.1) is 0 Å². The summed E-state index contributed by atoms with van der Waals surface area (Å²) in [5.41, 5.74) is -0.586. The molecule has 1 aromatic rings. The number of rotatable bonds is 3. The molecule has 1 aromatic carbocycles. The van der Waals surface area contributed by atoms with E-state index in [1.54, 1.807) is 31.2 Å². The minimum absolute atomic E-state index is 0.0739. The average molecular weight is 299 g/mol. The molecule has 0 radical (unpaired) electrons. The maximum absolute atomic E-state index is 11.9. The van der Waals surface area contributed by atoms with Crippen molar-refractivity contribution in [3.8, 4) is 0 Å². The molecule has 0 spiro atoms. The van der Waals surface area contributed by atoms with Gasteiger partial charge >= 0.3 is 12.0 Å². The third-order valence-corrected chi connectivity index (χ3v) is 3.57. The SMILES string of the molecule is CC1(C(=O)O)COCC1NC(=O)Nc1cccc(Cl)c1. The fourth-order valence-corrected chi connectivity index (χ4v) is 2.17. The van der Waals surface area contributed by atoms with E-state index in [0.29, 0.717) is 10.7 Å². The Hall–Kier alpha value is -1.79. The molecule has 108 valence electrons. The largest absolute Gasteiger partial charge is 0.481 e. The molecule has 2 unspecified atom stereocenters. The van der Waals surface area contributed by atoms with Crippen molar-refractivity contribution in [2.24, 2.45) is 5.41 Å². The molecule has 3 N–H and O–H groups in total. The van der Waals surface area contributed by atoms with Crippen LogP contribution in [0, 0.1) is 5.41 Å². The second-order valence-electron chi connectivity index (χ2n) is 4.90. The molecule has 1 aliphatic rings. The maximum atomic E-state index is 11.9. The molecule has 20 heavy (non-hydrogen) atoms. The van der Waals surface area contributed by atoms with Crippen LogP contribution in [0.5, 0.6) is 0 Å². The summed E-state index contributed by atoms with van der Waals surface area (Å²) < 4.78 is 5.16. The molecule has 6 nitrogen and oxygen atoms in total. The van der Waals surface area contributed by atoms with E-state index in [9.17, 15) is 14.7 Å². The lowest BCUT2D eigenvalue weighted by Crippen LogP contribution is -2.50. The summed E-state index contributed by atoms with van der Waals surface area (Å²) in [6.45, 7) is 1.79. The average Bonchev–Trinajstić information content (AvgIpc) is 2.72. The first kappa shape index (κ1) is 14.6. The molecule has 1 heterocycles. The number of amides is 2. The van der Waals surface area contributed by atoms with Gasteiger partial charge in [0.25, 0.3) is 0 Å². The first-order valence-corrected chi connectivity index (χ1v) is 6.44. The zero-order chi connectivity index (χ0) is 14.8. The summed E-state index contributed by atoms with van der Waals surface area (Å²) in [7, 11) is 0. The third-order valence-electron chi connectivity index (χ3n) is 3.33. The Kier molecular flexibility index (Phi) is 4.15. The van der Waals surface area contributed by atoms with Crippen LogP contribution in [0.2, 0.25) is 5.02 Å². The van der Waals surface area contributed by atoms with E-state index in [1.807, 2.05) is 0 Å². The number of ether oxygens (including phenoxy) is 1. The Morgan fingerprint density at radius 1 is 1.50 bits per heavy atom. The van der Waals surface area contributed by atoms with Crippen molar-refractivity contribution >= 4 is 29.3 Å². The molecule has 0 aliphatic carbocycles. The Labute approximate surface area is 121 Å². The van der Waals surface area contributed by atoms with Crippen LogP contribution in [0.4, 0.5) is 10.5 Å². The van der Waals surface area contributed by atoms with Crippen LogP contribution in [0.25, 0.3) is 0 Å². The van der Waals surface area contributed by atoms with Gasteiger partial charge in [-0.25, -0.2) is 4.79 Å². The van der Waals surface area contributed by atoms with Gasteiger partial charge in [-0.05, 0) is 25.1 Å². The van der Waals surface area contributed by atoms with Gasteiger partial charge in [-0.3, -0.25) is 4.79 Å². The fraction of sp³-hybridized carbons (Fsp3) is 0.385. The van der Waals surface area contributed by atoms with Crippen molar-refractivity contribution in [2.75, 3.05) is 18.5 Å². The van der Waals surface area contributed by atoms with Gasteiger partial charge in [0, 0.05) is 10.7 Å². The molecule has 2 atom stereocenters. The van der Waals surface area contributed by atoms with Crippen molar-refractivity contribution in [3.05, 3.63) is 29.3 Å². The van der Waals surface area contributed by atoms with E-state index in [4.69, 9.17) is 16.3 Å². The molecule has 2 amide bonds. The number of anilines is 1. The van der Waals surface area contributed by atoms with Crippen LogP contribution < -0.4 is 10.6 Å². The van der Waals surface area contributed by atoms with E-state index in [1.165, 1.54) is 0 Å². The van der Waals surface area contributed by atoms with Crippen molar-refractivity contribution < 1.29 is 19.4 Å². The predicted octanol–water partition coefficient (Wildman–Crippen LogP) is 1.95. The molecular weight excluding hydrogens is 284 g/mol. The second kappa shape index (κ2) is 5.68. The van der Waals surface area contributed by atoms with E-state index in [0.717, 1.165) is 0 Å². The topological polar surface area (TPSA) is 87.7 Å². The number of hydrogen-bond donors (Lipinski definition) is 3. The number of carboxylic acids is 1. The summed E-state index contributed by atoms with van der Waals surface area (Å²) in [6.07, 6.45) is 0. The zero-order valence-corrected chi connectivity index (χ0v) is 11.6. The quantitative estimate of drug-likeness (QED) is 0.796. The third kappa shape index (κ3) is 3.02. The number of benzene rings is 1. The Morgan fingerprint density at radius 3 is 2.90 bits per heavy atom. The standard InChI is InChI=1S/C13H15ClN2O4/c1-13(11(17)18)7-20-6-10(13)16-12(19)15-9-4-2-3-8(14)5-9/h2-5,10H,6-7H2,1H3,(H,17,18)(H2,15,16,19). The molecular formula is C13H15ClN2O4. The zero-order valence-electron chi connectivity index (χ0n) is 10.9. The summed E-state index contributed by atoms with van der Waals surface area (Å²) >= 11 is 5.82. The first-order valence-electron chi connectivity index (χ1n) is 6.06. The number of nitrogens with one attached hydrogen (secondary N) is 2. The van der Waals surface area contributed by atoms with E-state index in [2.05, 4.69) is 10.6 Å². The van der Waals surface area contributed by atoms with Crippen molar-refractivity contribution in [3.63, 3.8) is 0 Å². The van der Waals surface area contributed by atoms with Gasteiger partial charge in [0.1, 0.15) is 5.41 Å². The fourth-order valence-electron chi connectivity index (χ4n) is 1.98. The first-order chi connectivity index (χ1) is 9.41. The highest BCUT2D eigenvalue weighted by Gasteiger charge is 2.47. The minimum Gasteiger partial charge on any atom is -0.481 e. The van der Waals surface area contributed by atoms with Gasteiger partial charge < -0.3 is 20.5 Å². The highest BCUT2D eigenvalue weighted by molar-refractivity contribution is 6.30. The van der Waals surface area contributed by atoms with Crippen LogP contribution in [0.15, 0.2) is 24.3 Å². The van der Waals surface area contributed by atoms with E-state index < -0.39 is 23.5 Å². The van der Waals surface area contributed by atoms with E-state index >= 15 is 0 Å². The van der Waals surface area contributed by atoms with Gasteiger partial charge in [0.05, 0.1) is 19.3 Å². The molecule has 1 fully saturated rings. The number of carbonyl (C=O) groups excluding carboxylic acids is 1. The van der Waals surface area contributed by atoms with Crippen LogP contribution in [0.1, 0.15) is 6.92 Å². The lowest BCUT2D eigenvalue weighted by molar-refractivity contribution is -0.148. The summed E-state index contributed by atoms with van der Waals surface area (Å²) in [6, 6.07) is 5.61. The number of hydrogen-bond acceptors (Lipinski definition) is 3. The Bertz CT molecular complexity index is 537. The highest BCUT2D eigenvalue weighted by atomic mass is 35.5. The van der Waals surface area contributed by atoms with Crippen LogP contribution in [0.3, 0.4) is 0 Å². The van der Waals surface area contributed by atoms with Crippen LogP contribution >= 0.6 is 11.6 Å². The van der Waals surface area contributed by atoms with Crippen LogP contribution in [-0.2, 0) is 9.53 Å². The van der Waals surface area contributed by atoms with Crippen molar-refractivity contribution in [2.45, 2.75) is 13.0 Å². The van der Waals surface area contributed by atoms with Gasteiger partial charge in [0.15, 0.2) is 0 Å². The normalized spacial score (nSPS) is 25.2. The highest BCUT2D eigenvalue weighted by Crippen LogP contribution is 2.28.